The Bertz CT molecular complexity index is 571. The van der Waals surface area contributed by atoms with Crippen LogP contribution in [0.4, 0.5) is 0 Å². The van der Waals surface area contributed by atoms with Crippen molar-refractivity contribution >= 4 is 0 Å². The fraction of sp³-hybridized carbons (Fsp3) is 0.667. The summed E-state index contributed by atoms with van der Waals surface area (Å²) in [5.41, 5.74) is 0.862. The molecule has 1 saturated carbocycles. The van der Waals surface area contributed by atoms with Crippen LogP contribution in [0, 0.1) is 23.2 Å². The SMILES string of the molecule is C[C@H]1C[C@@]2(C)Oc3ccccc3[C@@H]3OC[C@]1(CO)[C@@H](C)[C@@H]32. The van der Waals surface area contributed by atoms with Crippen LogP contribution in [0.25, 0.3) is 0 Å². The minimum Gasteiger partial charge on any atom is -0.487 e. The molecule has 1 saturated heterocycles. The van der Waals surface area contributed by atoms with Crippen molar-refractivity contribution in [1.29, 1.82) is 0 Å². The van der Waals surface area contributed by atoms with Crippen LogP contribution in [0.1, 0.15) is 38.9 Å². The fourth-order valence-corrected chi connectivity index (χ4v) is 5.29. The van der Waals surface area contributed by atoms with Gasteiger partial charge in [-0.2, -0.15) is 0 Å². The molecule has 21 heavy (non-hydrogen) atoms. The zero-order valence-corrected chi connectivity index (χ0v) is 13.0. The number of aliphatic hydroxyl groups excluding tert-OH is 1. The fourth-order valence-electron chi connectivity index (χ4n) is 5.29. The van der Waals surface area contributed by atoms with Crippen molar-refractivity contribution in [2.45, 2.75) is 38.9 Å². The van der Waals surface area contributed by atoms with E-state index in [2.05, 4.69) is 39.0 Å². The highest BCUT2D eigenvalue weighted by Crippen LogP contribution is 2.63. The predicted octanol–water partition coefficient (Wildman–Crippen LogP) is 3.18. The molecule has 6 atom stereocenters. The molecule has 4 rings (SSSR count). The van der Waals surface area contributed by atoms with Crippen molar-refractivity contribution in [3.8, 4) is 5.75 Å². The van der Waals surface area contributed by atoms with Crippen molar-refractivity contribution in [2.24, 2.45) is 23.2 Å². The first-order valence-corrected chi connectivity index (χ1v) is 8.02. The highest BCUT2D eigenvalue weighted by Gasteiger charge is 2.64. The van der Waals surface area contributed by atoms with E-state index in [1.807, 2.05) is 6.07 Å². The highest BCUT2D eigenvalue weighted by atomic mass is 16.5. The number of hydrogen-bond donors (Lipinski definition) is 1. The normalized spacial score (nSPS) is 47.4. The van der Waals surface area contributed by atoms with Crippen molar-refractivity contribution in [1.82, 2.24) is 0 Å². The largest absolute Gasteiger partial charge is 0.487 e. The Hall–Kier alpha value is -1.06. The minimum absolute atomic E-state index is 0.0992. The van der Waals surface area contributed by atoms with E-state index in [4.69, 9.17) is 9.47 Å². The van der Waals surface area contributed by atoms with Gasteiger partial charge in [-0.15, -0.1) is 0 Å². The summed E-state index contributed by atoms with van der Waals surface area (Å²) in [5, 5.41) is 10.1. The van der Waals surface area contributed by atoms with Crippen LogP contribution < -0.4 is 4.74 Å². The Morgan fingerprint density at radius 2 is 2.05 bits per heavy atom. The van der Waals surface area contributed by atoms with Gasteiger partial charge in [-0.05, 0) is 31.2 Å². The predicted molar refractivity (Wildman–Crippen MR) is 80.1 cm³/mol. The van der Waals surface area contributed by atoms with Crippen LogP contribution in [-0.4, -0.2) is 23.9 Å². The average molecular weight is 288 g/mol. The molecule has 1 aromatic rings. The van der Waals surface area contributed by atoms with Gasteiger partial charge in [0.15, 0.2) is 0 Å². The molecule has 3 aliphatic rings. The van der Waals surface area contributed by atoms with Crippen LogP contribution in [0.2, 0.25) is 0 Å². The van der Waals surface area contributed by atoms with E-state index >= 15 is 0 Å². The van der Waals surface area contributed by atoms with Crippen molar-refractivity contribution < 1.29 is 14.6 Å². The zero-order chi connectivity index (χ0) is 14.8. The first-order valence-electron chi connectivity index (χ1n) is 8.02. The summed E-state index contributed by atoms with van der Waals surface area (Å²) in [4.78, 5) is 0. The molecule has 2 bridgehead atoms. The number of benzene rings is 1. The van der Waals surface area contributed by atoms with Gasteiger partial charge >= 0.3 is 0 Å². The maximum atomic E-state index is 10.1. The first kappa shape index (κ1) is 13.6. The third-order valence-corrected chi connectivity index (χ3v) is 6.56. The van der Waals surface area contributed by atoms with E-state index in [1.54, 1.807) is 0 Å². The topological polar surface area (TPSA) is 38.7 Å². The second kappa shape index (κ2) is 4.23. The maximum Gasteiger partial charge on any atom is 0.125 e. The molecule has 0 unspecified atom stereocenters. The maximum absolute atomic E-state index is 10.1. The van der Waals surface area contributed by atoms with Gasteiger partial charge in [0.2, 0.25) is 0 Å². The van der Waals surface area contributed by atoms with Crippen LogP contribution in [-0.2, 0) is 4.74 Å². The van der Waals surface area contributed by atoms with Crippen molar-refractivity contribution in [3.63, 3.8) is 0 Å². The number of rotatable bonds is 1. The van der Waals surface area contributed by atoms with Gasteiger partial charge in [0.25, 0.3) is 0 Å². The van der Waals surface area contributed by atoms with Crippen LogP contribution in [0.3, 0.4) is 0 Å². The molecule has 0 spiro atoms. The van der Waals surface area contributed by atoms with Crippen molar-refractivity contribution in [3.05, 3.63) is 29.8 Å². The Balaban J connectivity index is 1.87. The Labute approximate surface area is 126 Å². The number of ether oxygens (including phenoxy) is 2. The Morgan fingerprint density at radius 1 is 1.29 bits per heavy atom. The number of para-hydroxylation sites is 1. The summed E-state index contributed by atoms with van der Waals surface area (Å²) < 4.78 is 12.7. The Morgan fingerprint density at radius 3 is 2.81 bits per heavy atom. The molecule has 1 aromatic carbocycles. The Kier molecular flexibility index (Phi) is 2.74. The first-order chi connectivity index (χ1) is 10.0. The van der Waals surface area contributed by atoms with Gasteiger partial charge in [-0.1, -0.05) is 32.0 Å². The molecular weight excluding hydrogens is 264 g/mol. The molecule has 1 aliphatic carbocycles. The van der Waals surface area contributed by atoms with Gasteiger partial charge in [-0.3, -0.25) is 0 Å². The monoisotopic (exact) mass is 288 g/mol. The van der Waals surface area contributed by atoms with Crippen molar-refractivity contribution in [2.75, 3.05) is 13.2 Å². The molecule has 0 aromatic heterocycles. The molecule has 3 heteroatoms. The number of aliphatic hydroxyl groups is 1. The second-order valence-electron chi connectivity index (χ2n) is 7.50. The van der Waals surface area contributed by atoms with Gasteiger partial charge in [-0.25, -0.2) is 0 Å². The third kappa shape index (κ3) is 1.56. The smallest absolute Gasteiger partial charge is 0.125 e. The molecule has 2 heterocycles. The zero-order valence-electron chi connectivity index (χ0n) is 13.0. The van der Waals surface area contributed by atoms with E-state index < -0.39 is 0 Å². The molecule has 3 nitrogen and oxygen atoms in total. The minimum atomic E-state index is -0.197. The lowest BCUT2D eigenvalue weighted by atomic mass is 9.50. The molecule has 114 valence electrons. The van der Waals surface area contributed by atoms with Gasteiger partial charge in [0.05, 0.1) is 19.3 Å². The summed E-state index contributed by atoms with van der Waals surface area (Å²) in [5.74, 6) is 2.07. The van der Waals surface area contributed by atoms with Gasteiger partial charge in [0, 0.05) is 16.9 Å². The number of fused-ring (bicyclic) bond motifs is 3. The highest BCUT2D eigenvalue weighted by molar-refractivity contribution is 5.40. The molecular formula is C18H24O3. The molecule has 1 N–H and O–H groups in total. The lowest BCUT2D eigenvalue weighted by molar-refractivity contribution is -0.260. The lowest BCUT2D eigenvalue weighted by Gasteiger charge is -2.63. The van der Waals surface area contributed by atoms with Crippen LogP contribution >= 0.6 is 0 Å². The molecule has 2 fully saturated rings. The summed E-state index contributed by atoms with van der Waals surface area (Å²) in [6.45, 7) is 7.60. The number of hydrogen-bond acceptors (Lipinski definition) is 3. The molecule has 0 amide bonds. The van der Waals surface area contributed by atoms with Crippen LogP contribution in [0.5, 0.6) is 5.75 Å². The quantitative estimate of drug-likeness (QED) is 0.862. The summed E-state index contributed by atoms with van der Waals surface area (Å²) in [6.07, 6.45) is 1.08. The summed E-state index contributed by atoms with van der Waals surface area (Å²) in [7, 11) is 0. The molecule has 2 aliphatic heterocycles. The van der Waals surface area contributed by atoms with E-state index in [-0.39, 0.29) is 23.7 Å². The van der Waals surface area contributed by atoms with E-state index in [1.165, 1.54) is 5.56 Å². The van der Waals surface area contributed by atoms with E-state index in [0.29, 0.717) is 24.4 Å². The van der Waals surface area contributed by atoms with Crippen LogP contribution in [0.15, 0.2) is 24.3 Å². The third-order valence-electron chi connectivity index (χ3n) is 6.56. The van der Waals surface area contributed by atoms with E-state index in [0.717, 1.165) is 12.2 Å². The summed E-state index contributed by atoms with van der Waals surface area (Å²) >= 11 is 0. The average Bonchev–Trinajstić information content (AvgIpc) is 2.46. The lowest BCUT2D eigenvalue weighted by Crippen LogP contribution is -2.65. The summed E-state index contributed by atoms with van der Waals surface area (Å²) in [6, 6.07) is 8.26. The standard InChI is InChI=1S/C18H24O3/c1-11-8-17(3)15-12(2)18(11,9-19)10-20-16(15)13-6-4-5-7-14(13)21-17/h4-7,11-12,15-16,19H,8-10H2,1-3H3/t11-,12-,15-,16-,17+,18-/m0/s1. The van der Waals surface area contributed by atoms with Gasteiger partial charge < -0.3 is 14.6 Å². The molecule has 0 radical (unpaired) electrons. The second-order valence-corrected chi connectivity index (χ2v) is 7.50. The van der Waals surface area contributed by atoms with E-state index in [9.17, 15) is 5.11 Å². The van der Waals surface area contributed by atoms with Gasteiger partial charge in [0.1, 0.15) is 11.4 Å².